The lowest BCUT2D eigenvalue weighted by Crippen LogP contribution is -2.30. The summed E-state index contributed by atoms with van der Waals surface area (Å²) >= 11 is 0. The van der Waals surface area contributed by atoms with Crippen molar-refractivity contribution in [3.63, 3.8) is 0 Å². The number of hydrogen-bond acceptors (Lipinski definition) is 4. The Balaban J connectivity index is 2.21. The van der Waals surface area contributed by atoms with Crippen molar-refractivity contribution in [2.75, 3.05) is 13.2 Å². The van der Waals surface area contributed by atoms with E-state index in [0.29, 0.717) is 18.0 Å². The van der Waals surface area contributed by atoms with E-state index in [0.717, 1.165) is 18.7 Å². The fraction of sp³-hybridized carbons (Fsp3) is 0.444. The van der Waals surface area contributed by atoms with Crippen molar-refractivity contribution in [3.05, 3.63) is 24.0 Å². The molecule has 0 radical (unpaired) electrons. The van der Waals surface area contributed by atoms with Crippen LogP contribution in [0.3, 0.4) is 0 Å². The molecule has 1 saturated heterocycles. The molecular formula is C9H12BNO3. The molecular weight excluding hydrogens is 181 g/mol. The minimum absolute atomic E-state index is 0.300. The zero-order valence-electron chi connectivity index (χ0n) is 7.76. The van der Waals surface area contributed by atoms with Crippen LogP contribution in [0.2, 0.25) is 0 Å². The molecule has 5 heteroatoms. The molecule has 1 unspecified atom stereocenters. The molecule has 4 nitrogen and oxygen atoms in total. The zero-order chi connectivity index (χ0) is 9.97. The Hall–Kier alpha value is -0.905. The summed E-state index contributed by atoms with van der Waals surface area (Å²) in [5, 5.41) is 18.0. The molecule has 1 aliphatic rings. The number of hydrogen-bond donors (Lipinski definition) is 2. The van der Waals surface area contributed by atoms with Gasteiger partial charge in [-0.15, -0.1) is 0 Å². The molecule has 14 heavy (non-hydrogen) atoms. The van der Waals surface area contributed by atoms with Crippen LogP contribution in [0.1, 0.15) is 18.0 Å². The largest absolute Gasteiger partial charge is 0.488 e. The third-order valence-electron chi connectivity index (χ3n) is 2.45. The lowest BCUT2D eigenvalue weighted by molar-refractivity contribution is 0.193. The number of ether oxygens (including phenoxy) is 1. The third-order valence-corrected chi connectivity index (χ3v) is 2.45. The van der Waals surface area contributed by atoms with Gasteiger partial charge in [-0.2, -0.15) is 0 Å². The van der Waals surface area contributed by atoms with E-state index in [9.17, 15) is 0 Å². The molecule has 0 bridgehead atoms. The van der Waals surface area contributed by atoms with Crippen molar-refractivity contribution in [1.82, 2.24) is 4.98 Å². The van der Waals surface area contributed by atoms with Gasteiger partial charge in [-0.3, -0.25) is 4.98 Å². The second-order valence-electron chi connectivity index (χ2n) is 3.45. The molecule has 0 aliphatic carbocycles. The molecule has 1 aliphatic heterocycles. The van der Waals surface area contributed by atoms with Crippen LogP contribution in [0.25, 0.3) is 0 Å². The molecule has 1 aromatic rings. The van der Waals surface area contributed by atoms with Gasteiger partial charge in [-0.05, 0) is 24.0 Å². The van der Waals surface area contributed by atoms with Crippen LogP contribution in [0.5, 0.6) is 0 Å². The molecule has 2 heterocycles. The van der Waals surface area contributed by atoms with Gasteiger partial charge in [-0.25, -0.2) is 0 Å². The van der Waals surface area contributed by atoms with Gasteiger partial charge in [0.25, 0.3) is 0 Å². The summed E-state index contributed by atoms with van der Waals surface area (Å²) in [6, 6.07) is 3.33. The van der Waals surface area contributed by atoms with E-state index in [1.807, 2.05) is 0 Å². The fourth-order valence-electron chi connectivity index (χ4n) is 1.62. The third kappa shape index (κ3) is 1.95. The fourth-order valence-corrected chi connectivity index (χ4v) is 1.62. The molecule has 74 valence electrons. The lowest BCUT2D eigenvalue weighted by atomic mass is 9.80. The van der Waals surface area contributed by atoms with E-state index < -0.39 is 7.12 Å². The predicted octanol–water partition coefficient (Wildman–Crippen LogP) is -0.735. The summed E-state index contributed by atoms with van der Waals surface area (Å²) in [6.45, 7) is 1.44. The maximum Gasteiger partial charge on any atom is 0.488 e. The highest BCUT2D eigenvalue weighted by Gasteiger charge is 2.20. The Morgan fingerprint density at radius 3 is 3.00 bits per heavy atom. The normalized spacial score (nSPS) is 21.1. The van der Waals surface area contributed by atoms with Crippen LogP contribution < -0.4 is 5.46 Å². The first-order valence-electron chi connectivity index (χ1n) is 4.67. The summed E-state index contributed by atoms with van der Waals surface area (Å²) in [6.07, 6.45) is 2.56. The second kappa shape index (κ2) is 4.08. The first kappa shape index (κ1) is 9.64. The van der Waals surface area contributed by atoms with Crippen LogP contribution in [0.4, 0.5) is 0 Å². The molecule has 0 aromatic carbocycles. The minimum atomic E-state index is -1.42. The van der Waals surface area contributed by atoms with Gasteiger partial charge in [0, 0.05) is 24.4 Å². The second-order valence-corrected chi connectivity index (χ2v) is 3.45. The van der Waals surface area contributed by atoms with Crippen molar-refractivity contribution >= 4 is 12.6 Å². The Labute approximate surface area is 82.7 Å². The Kier molecular flexibility index (Phi) is 2.81. The minimum Gasteiger partial charge on any atom is -0.423 e. The van der Waals surface area contributed by atoms with E-state index in [1.54, 1.807) is 18.3 Å². The highest BCUT2D eigenvalue weighted by molar-refractivity contribution is 6.58. The summed E-state index contributed by atoms with van der Waals surface area (Å²) in [5.41, 5.74) is 1.37. The van der Waals surface area contributed by atoms with E-state index in [1.165, 1.54) is 0 Å². The van der Waals surface area contributed by atoms with Gasteiger partial charge in [0.05, 0.1) is 6.61 Å². The van der Waals surface area contributed by atoms with Gasteiger partial charge in [0.1, 0.15) is 0 Å². The highest BCUT2D eigenvalue weighted by atomic mass is 16.5. The van der Waals surface area contributed by atoms with Crippen molar-refractivity contribution in [2.45, 2.75) is 12.3 Å². The monoisotopic (exact) mass is 193 g/mol. The number of rotatable bonds is 2. The van der Waals surface area contributed by atoms with Gasteiger partial charge in [-0.1, -0.05) is 0 Å². The summed E-state index contributed by atoms with van der Waals surface area (Å²) in [7, 11) is -1.42. The molecule has 0 spiro atoms. The molecule has 2 N–H and O–H groups in total. The average Bonchev–Trinajstić information content (AvgIpc) is 2.71. The topological polar surface area (TPSA) is 62.6 Å². The SMILES string of the molecule is OB(O)c1ccnc(C2CCOC2)c1. The smallest absolute Gasteiger partial charge is 0.423 e. The van der Waals surface area contributed by atoms with Crippen LogP contribution in [0.15, 0.2) is 18.3 Å². The lowest BCUT2D eigenvalue weighted by Gasteiger charge is -2.08. The summed E-state index contributed by atoms with van der Waals surface area (Å²) in [4.78, 5) is 4.20. The Bertz CT molecular complexity index is 313. The van der Waals surface area contributed by atoms with E-state index >= 15 is 0 Å². The molecule has 2 rings (SSSR count). The van der Waals surface area contributed by atoms with Crippen molar-refractivity contribution in [1.29, 1.82) is 0 Å². The van der Waals surface area contributed by atoms with Crippen LogP contribution in [-0.2, 0) is 4.74 Å². The van der Waals surface area contributed by atoms with Crippen LogP contribution in [-0.4, -0.2) is 35.4 Å². The number of pyridine rings is 1. The summed E-state index contributed by atoms with van der Waals surface area (Å²) < 4.78 is 5.25. The van der Waals surface area contributed by atoms with Gasteiger partial charge < -0.3 is 14.8 Å². The van der Waals surface area contributed by atoms with Crippen molar-refractivity contribution in [3.8, 4) is 0 Å². The molecule has 0 amide bonds. The number of nitrogens with zero attached hydrogens (tertiary/aromatic N) is 1. The first-order chi connectivity index (χ1) is 6.77. The van der Waals surface area contributed by atoms with E-state index in [4.69, 9.17) is 14.8 Å². The predicted molar refractivity (Wildman–Crippen MR) is 52.2 cm³/mol. The van der Waals surface area contributed by atoms with Crippen LogP contribution >= 0.6 is 0 Å². The number of aromatic nitrogens is 1. The van der Waals surface area contributed by atoms with E-state index in [-0.39, 0.29) is 0 Å². The van der Waals surface area contributed by atoms with Gasteiger partial charge in [0.2, 0.25) is 0 Å². The maximum atomic E-state index is 8.99. The Morgan fingerprint density at radius 1 is 1.50 bits per heavy atom. The zero-order valence-corrected chi connectivity index (χ0v) is 7.76. The first-order valence-corrected chi connectivity index (χ1v) is 4.67. The van der Waals surface area contributed by atoms with E-state index in [2.05, 4.69) is 4.98 Å². The molecule has 1 atom stereocenters. The quantitative estimate of drug-likeness (QED) is 0.607. The van der Waals surface area contributed by atoms with Crippen molar-refractivity contribution < 1.29 is 14.8 Å². The molecule has 1 aromatic heterocycles. The van der Waals surface area contributed by atoms with Gasteiger partial charge in [0.15, 0.2) is 0 Å². The van der Waals surface area contributed by atoms with Crippen LogP contribution in [0, 0.1) is 0 Å². The standard InChI is InChI=1S/C9H12BNO3/c12-10(13)8-1-3-11-9(5-8)7-2-4-14-6-7/h1,3,5,7,12-13H,2,4,6H2. The van der Waals surface area contributed by atoms with Crippen molar-refractivity contribution in [2.24, 2.45) is 0 Å². The van der Waals surface area contributed by atoms with Gasteiger partial charge >= 0.3 is 7.12 Å². The maximum absolute atomic E-state index is 8.99. The molecule has 1 fully saturated rings. The summed E-state index contributed by atoms with van der Waals surface area (Å²) in [5.74, 6) is 0.300. The average molecular weight is 193 g/mol. The highest BCUT2D eigenvalue weighted by Crippen LogP contribution is 2.22. The molecule has 0 saturated carbocycles. The Morgan fingerprint density at radius 2 is 2.36 bits per heavy atom.